The Balaban J connectivity index is 1.74. The van der Waals surface area contributed by atoms with Crippen molar-refractivity contribution in [2.45, 2.75) is 63.8 Å². The summed E-state index contributed by atoms with van der Waals surface area (Å²) in [6, 6.07) is 0. The van der Waals surface area contributed by atoms with E-state index in [0.717, 1.165) is 5.47 Å². The van der Waals surface area contributed by atoms with Crippen molar-refractivity contribution in [1.82, 2.24) is 0 Å². The van der Waals surface area contributed by atoms with Gasteiger partial charge in [-0.05, 0) is 46.0 Å². The first-order valence-electron chi connectivity index (χ1n) is 9.07. The molecule has 0 N–H and O–H groups in total. The van der Waals surface area contributed by atoms with Crippen LogP contribution >= 0.6 is 0 Å². The second-order valence-electron chi connectivity index (χ2n) is 7.88. The van der Waals surface area contributed by atoms with Crippen molar-refractivity contribution < 1.29 is 27.9 Å². The van der Waals surface area contributed by atoms with Crippen LogP contribution in [-0.4, -0.2) is 64.1 Å². The summed E-state index contributed by atoms with van der Waals surface area (Å²) in [6.07, 6.45) is 3.30. The molecule has 0 amide bonds. The molecule has 1 heterocycles. The Kier molecular flexibility index (Phi) is 7.07. The van der Waals surface area contributed by atoms with Gasteiger partial charge in [-0.15, -0.1) is 0 Å². The van der Waals surface area contributed by atoms with E-state index in [1.54, 1.807) is 7.11 Å². The minimum Gasteiger partial charge on any atom is -0.400 e. The van der Waals surface area contributed by atoms with Crippen LogP contribution in [0.5, 0.6) is 0 Å². The molecule has 0 aromatic rings. The van der Waals surface area contributed by atoms with Gasteiger partial charge in [0.1, 0.15) is 5.67 Å². The normalized spacial score (nSPS) is 28.2. The molecule has 0 aromatic heterocycles. The van der Waals surface area contributed by atoms with Crippen molar-refractivity contribution in [3.63, 3.8) is 0 Å². The largest absolute Gasteiger partial charge is 0.490 e. The highest BCUT2D eigenvalue weighted by atomic mass is 19.1. The summed E-state index contributed by atoms with van der Waals surface area (Å²) >= 11 is 0. The van der Waals surface area contributed by atoms with Crippen LogP contribution in [-0.2, 0) is 23.5 Å². The third-order valence-corrected chi connectivity index (χ3v) is 5.31. The highest BCUT2D eigenvalue weighted by molar-refractivity contribution is 6.54. The van der Waals surface area contributed by atoms with E-state index < -0.39 is 5.67 Å². The molecular formula is C18H32BFO5. The average molecular weight is 358 g/mol. The van der Waals surface area contributed by atoms with E-state index in [1.165, 1.54) is 0 Å². The number of alkyl halides is 1. The number of rotatable bonds is 9. The van der Waals surface area contributed by atoms with Crippen LogP contribution in [0.15, 0.2) is 11.5 Å². The Labute approximate surface area is 151 Å². The van der Waals surface area contributed by atoms with Gasteiger partial charge in [0, 0.05) is 13.5 Å². The lowest BCUT2D eigenvalue weighted by atomic mass is 9.70. The first-order valence-corrected chi connectivity index (χ1v) is 9.07. The molecule has 2 rings (SSSR count). The van der Waals surface area contributed by atoms with Crippen LogP contribution in [0, 0.1) is 0 Å². The zero-order valence-corrected chi connectivity index (χ0v) is 16.2. The van der Waals surface area contributed by atoms with Gasteiger partial charge in [-0.25, -0.2) is 4.39 Å². The monoisotopic (exact) mass is 358 g/mol. The second-order valence-corrected chi connectivity index (χ2v) is 7.88. The summed E-state index contributed by atoms with van der Waals surface area (Å²) in [5.41, 5.74) is -1.02. The van der Waals surface area contributed by atoms with E-state index in [4.69, 9.17) is 23.5 Å². The van der Waals surface area contributed by atoms with E-state index in [-0.39, 0.29) is 24.9 Å². The van der Waals surface area contributed by atoms with Crippen LogP contribution in [0.1, 0.15) is 47.0 Å². The Morgan fingerprint density at radius 3 is 2.20 bits per heavy atom. The van der Waals surface area contributed by atoms with Crippen molar-refractivity contribution in [2.24, 2.45) is 0 Å². The highest BCUT2D eigenvalue weighted by Gasteiger charge is 2.53. The van der Waals surface area contributed by atoms with Gasteiger partial charge in [0.2, 0.25) is 0 Å². The molecule has 1 atom stereocenters. The molecule has 0 radical (unpaired) electrons. The fourth-order valence-electron chi connectivity index (χ4n) is 2.84. The molecule has 0 aromatic carbocycles. The minimum atomic E-state index is -1.32. The lowest BCUT2D eigenvalue weighted by Gasteiger charge is -2.32. The first kappa shape index (κ1) is 20.8. The molecule has 1 aliphatic carbocycles. The molecule has 144 valence electrons. The summed E-state index contributed by atoms with van der Waals surface area (Å²) in [7, 11) is 1.26. The van der Waals surface area contributed by atoms with Crippen molar-refractivity contribution in [2.75, 3.05) is 40.1 Å². The highest BCUT2D eigenvalue weighted by Crippen LogP contribution is 2.41. The zero-order valence-electron chi connectivity index (χ0n) is 16.2. The van der Waals surface area contributed by atoms with E-state index >= 15 is 0 Å². The van der Waals surface area contributed by atoms with Gasteiger partial charge >= 0.3 is 7.12 Å². The molecule has 0 bridgehead atoms. The van der Waals surface area contributed by atoms with Crippen LogP contribution in [0.25, 0.3) is 0 Å². The second kappa shape index (κ2) is 8.48. The average Bonchev–Trinajstić information content (AvgIpc) is 2.75. The molecule has 2 aliphatic rings. The predicted octanol–water partition coefficient (Wildman–Crippen LogP) is 3.12. The Bertz CT molecular complexity index is 452. The van der Waals surface area contributed by atoms with Crippen molar-refractivity contribution in [3.8, 4) is 0 Å². The Hall–Kier alpha value is -0.465. The molecule has 5 nitrogen and oxygen atoms in total. The van der Waals surface area contributed by atoms with E-state index in [9.17, 15) is 4.39 Å². The van der Waals surface area contributed by atoms with E-state index in [0.29, 0.717) is 45.7 Å². The lowest BCUT2D eigenvalue weighted by molar-refractivity contribution is -0.0221. The van der Waals surface area contributed by atoms with Crippen molar-refractivity contribution in [1.29, 1.82) is 0 Å². The molecule has 1 aliphatic heterocycles. The summed E-state index contributed by atoms with van der Waals surface area (Å²) in [5.74, 6) is 0. The molecule has 7 heteroatoms. The smallest absolute Gasteiger partial charge is 0.400 e. The fourth-order valence-corrected chi connectivity index (χ4v) is 2.84. The number of hydrogen-bond donors (Lipinski definition) is 0. The van der Waals surface area contributed by atoms with Crippen molar-refractivity contribution in [3.05, 3.63) is 11.5 Å². The van der Waals surface area contributed by atoms with E-state index in [1.807, 2.05) is 33.8 Å². The van der Waals surface area contributed by atoms with Gasteiger partial charge in [0.15, 0.2) is 0 Å². The van der Waals surface area contributed by atoms with E-state index in [2.05, 4.69) is 0 Å². The van der Waals surface area contributed by atoms with Crippen LogP contribution in [0.4, 0.5) is 4.39 Å². The summed E-state index contributed by atoms with van der Waals surface area (Å²) < 4.78 is 42.6. The quantitative estimate of drug-likeness (QED) is 0.468. The molecule has 0 saturated carbocycles. The number of methoxy groups -OCH3 is 1. The molecule has 1 fully saturated rings. The van der Waals surface area contributed by atoms with Gasteiger partial charge < -0.3 is 23.5 Å². The Morgan fingerprint density at radius 1 is 1.04 bits per heavy atom. The van der Waals surface area contributed by atoms with Gasteiger partial charge in [-0.3, -0.25) is 0 Å². The third-order valence-electron chi connectivity index (χ3n) is 5.31. The topological polar surface area (TPSA) is 46.2 Å². The molecule has 1 saturated heterocycles. The van der Waals surface area contributed by atoms with Gasteiger partial charge in [0.05, 0.1) is 44.2 Å². The van der Waals surface area contributed by atoms with Crippen molar-refractivity contribution >= 4 is 7.12 Å². The predicted molar refractivity (Wildman–Crippen MR) is 95.4 cm³/mol. The molecule has 0 spiro atoms. The standard InChI is InChI=1S/C18H32BFO5/c1-16(2)17(3,4)25-19(24-16)15-6-8-18(20,9-7-15)14-23-13-12-22-11-10-21-5/h6H,7-14H2,1-5H3. The summed E-state index contributed by atoms with van der Waals surface area (Å²) in [6.45, 7) is 10.1. The summed E-state index contributed by atoms with van der Waals surface area (Å²) in [4.78, 5) is 0. The van der Waals surface area contributed by atoms with Gasteiger partial charge in [-0.1, -0.05) is 6.08 Å². The maximum Gasteiger partial charge on any atom is 0.490 e. The maximum atomic E-state index is 14.9. The number of halogens is 1. The fraction of sp³-hybridized carbons (Fsp3) is 0.889. The van der Waals surface area contributed by atoms with Gasteiger partial charge in [-0.2, -0.15) is 0 Å². The maximum absolute atomic E-state index is 14.9. The first-order chi connectivity index (χ1) is 11.7. The number of allylic oxidation sites excluding steroid dienone is 2. The SMILES string of the molecule is COCCOCCOCC1(F)CC=C(B2OC(C)(C)C(C)(C)O2)CC1. The zero-order chi connectivity index (χ0) is 18.6. The van der Waals surface area contributed by atoms with Crippen LogP contribution < -0.4 is 0 Å². The van der Waals surface area contributed by atoms with Crippen LogP contribution in [0.2, 0.25) is 0 Å². The minimum absolute atomic E-state index is 0.0911. The summed E-state index contributed by atoms with van der Waals surface area (Å²) in [5, 5.41) is 0. The number of hydrogen-bond acceptors (Lipinski definition) is 5. The lowest BCUT2D eigenvalue weighted by Crippen LogP contribution is -2.41. The number of ether oxygens (including phenoxy) is 3. The van der Waals surface area contributed by atoms with Gasteiger partial charge in [0.25, 0.3) is 0 Å². The molecule has 25 heavy (non-hydrogen) atoms. The Morgan fingerprint density at radius 2 is 1.64 bits per heavy atom. The molecular weight excluding hydrogens is 326 g/mol. The van der Waals surface area contributed by atoms with Crippen LogP contribution in [0.3, 0.4) is 0 Å². The molecule has 1 unspecified atom stereocenters. The third kappa shape index (κ3) is 5.50.